The molecule has 1 aromatic rings. The number of hydrogen-bond acceptors (Lipinski definition) is 5. The van der Waals surface area contributed by atoms with Crippen molar-refractivity contribution < 1.29 is 4.74 Å². The van der Waals surface area contributed by atoms with Gasteiger partial charge in [-0.05, 0) is 24.4 Å². The Hall–Kier alpha value is -1.54. The Bertz CT molecular complexity index is 405. The van der Waals surface area contributed by atoms with Crippen molar-refractivity contribution in [1.29, 1.82) is 0 Å². The van der Waals surface area contributed by atoms with Gasteiger partial charge in [0.05, 0.1) is 12.6 Å². The molecular formula is C11H15ClN4O. The topological polar surface area (TPSA) is 59.9 Å². The Labute approximate surface area is 106 Å². The molecule has 0 aliphatic heterocycles. The highest BCUT2D eigenvalue weighted by molar-refractivity contribution is 6.28. The lowest BCUT2D eigenvalue weighted by Gasteiger charge is -2.11. The number of terminal acetylenes is 1. The van der Waals surface area contributed by atoms with Crippen molar-refractivity contribution in [3.05, 3.63) is 5.28 Å². The van der Waals surface area contributed by atoms with Crippen LogP contribution in [0.4, 0.5) is 5.95 Å². The van der Waals surface area contributed by atoms with Gasteiger partial charge in [0.25, 0.3) is 0 Å². The van der Waals surface area contributed by atoms with E-state index in [0.29, 0.717) is 12.6 Å². The minimum absolute atomic E-state index is 0.0838. The largest absolute Gasteiger partial charge is 0.463 e. The standard InChI is InChI=1S/C11H15ClN4O/c1-4-7-17-11-15-9(12)14-10(16-11)13-8(5-2)6-3/h2,8H,4,6-7H2,1,3H3,(H,13,14,15,16). The predicted octanol–water partition coefficient (Wildman–Crippen LogP) is 2.14. The molecule has 5 nitrogen and oxygen atoms in total. The Kier molecular flexibility index (Phi) is 5.50. The SMILES string of the molecule is C#CC(CC)Nc1nc(Cl)nc(OCCC)n1. The van der Waals surface area contributed by atoms with Crippen molar-refractivity contribution in [3.8, 4) is 18.4 Å². The summed E-state index contributed by atoms with van der Waals surface area (Å²) in [6, 6.07) is 0.0775. The quantitative estimate of drug-likeness (QED) is 0.788. The molecule has 0 amide bonds. The molecule has 0 fully saturated rings. The van der Waals surface area contributed by atoms with Gasteiger partial charge in [-0.3, -0.25) is 0 Å². The summed E-state index contributed by atoms with van der Waals surface area (Å²) in [6.45, 7) is 4.49. The third-order valence-electron chi connectivity index (χ3n) is 1.94. The first-order chi connectivity index (χ1) is 8.19. The van der Waals surface area contributed by atoms with E-state index < -0.39 is 0 Å². The van der Waals surface area contributed by atoms with Crippen LogP contribution < -0.4 is 10.1 Å². The van der Waals surface area contributed by atoms with Gasteiger partial charge in [-0.15, -0.1) is 6.42 Å². The van der Waals surface area contributed by atoms with Gasteiger partial charge in [0.2, 0.25) is 11.2 Å². The maximum absolute atomic E-state index is 5.76. The third kappa shape index (κ3) is 4.45. The summed E-state index contributed by atoms with van der Waals surface area (Å²) in [6.07, 6.45) is 6.98. The summed E-state index contributed by atoms with van der Waals surface area (Å²) in [5.74, 6) is 2.92. The van der Waals surface area contributed by atoms with E-state index in [4.69, 9.17) is 22.8 Å². The smallest absolute Gasteiger partial charge is 0.322 e. The van der Waals surface area contributed by atoms with Crippen LogP contribution in [0.25, 0.3) is 0 Å². The molecule has 1 heterocycles. The first-order valence-electron chi connectivity index (χ1n) is 5.46. The molecule has 1 aromatic heterocycles. The monoisotopic (exact) mass is 254 g/mol. The van der Waals surface area contributed by atoms with Crippen molar-refractivity contribution in [2.75, 3.05) is 11.9 Å². The van der Waals surface area contributed by atoms with Crippen molar-refractivity contribution in [1.82, 2.24) is 15.0 Å². The van der Waals surface area contributed by atoms with E-state index in [1.54, 1.807) is 0 Å². The van der Waals surface area contributed by atoms with Gasteiger partial charge in [0.15, 0.2) is 0 Å². The molecule has 0 bridgehead atoms. The summed E-state index contributed by atoms with van der Waals surface area (Å²) in [7, 11) is 0. The normalized spacial score (nSPS) is 11.6. The van der Waals surface area contributed by atoms with Crippen molar-refractivity contribution in [2.24, 2.45) is 0 Å². The Balaban J connectivity index is 2.78. The lowest BCUT2D eigenvalue weighted by molar-refractivity contribution is 0.291. The zero-order chi connectivity index (χ0) is 12.7. The van der Waals surface area contributed by atoms with Gasteiger partial charge in [-0.1, -0.05) is 19.8 Å². The predicted molar refractivity (Wildman–Crippen MR) is 67.2 cm³/mol. The van der Waals surface area contributed by atoms with Gasteiger partial charge < -0.3 is 10.1 Å². The van der Waals surface area contributed by atoms with Crippen LogP contribution in [0, 0.1) is 12.3 Å². The summed E-state index contributed by atoms with van der Waals surface area (Å²) < 4.78 is 5.29. The molecule has 92 valence electrons. The number of rotatable bonds is 6. The molecule has 0 aromatic carbocycles. The zero-order valence-corrected chi connectivity index (χ0v) is 10.7. The lowest BCUT2D eigenvalue weighted by Crippen LogP contribution is -2.18. The first kappa shape index (κ1) is 13.5. The third-order valence-corrected chi connectivity index (χ3v) is 2.10. The van der Waals surface area contributed by atoms with E-state index in [-0.39, 0.29) is 17.3 Å². The molecule has 0 aliphatic carbocycles. The molecule has 1 N–H and O–H groups in total. The number of aromatic nitrogens is 3. The molecule has 0 spiro atoms. The minimum Gasteiger partial charge on any atom is -0.463 e. The van der Waals surface area contributed by atoms with Crippen LogP contribution in [-0.4, -0.2) is 27.6 Å². The van der Waals surface area contributed by atoms with Crippen LogP contribution in [-0.2, 0) is 0 Å². The highest BCUT2D eigenvalue weighted by atomic mass is 35.5. The van der Waals surface area contributed by atoms with Crippen LogP contribution in [0.3, 0.4) is 0 Å². The molecular weight excluding hydrogens is 240 g/mol. The number of ether oxygens (including phenoxy) is 1. The Morgan fingerprint density at radius 3 is 2.76 bits per heavy atom. The van der Waals surface area contributed by atoms with E-state index in [1.165, 1.54) is 0 Å². The van der Waals surface area contributed by atoms with Gasteiger partial charge >= 0.3 is 6.01 Å². The van der Waals surface area contributed by atoms with E-state index >= 15 is 0 Å². The molecule has 1 unspecified atom stereocenters. The molecule has 0 saturated heterocycles. The van der Waals surface area contributed by atoms with Crippen LogP contribution in [0.1, 0.15) is 26.7 Å². The zero-order valence-electron chi connectivity index (χ0n) is 9.90. The number of nitrogens with zero attached hydrogens (tertiary/aromatic N) is 3. The molecule has 0 aliphatic rings. The van der Waals surface area contributed by atoms with E-state index in [0.717, 1.165) is 12.8 Å². The van der Waals surface area contributed by atoms with E-state index in [2.05, 4.69) is 26.2 Å². The summed E-state index contributed by atoms with van der Waals surface area (Å²) in [5.41, 5.74) is 0. The Morgan fingerprint density at radius 2 is 2.18 bits per heavy atom. The molecule has 0 radical (unpaired) electrons. The molecule has 1 atom stereocenters. The second-order valence-electron chi connectivity index (χ2n) is 3.33. The molecule has 6 heteroatoms. The maximum Gasteiger partial charge on any atom is 0.322 e. The minimum atomic E-state index is -0.132. The molecule has 17 heavy (non-hydrogen) atoms. The number of hydrogen-bond donors (Lipinski definition) is 1. The highest BCUT2D eigenvalue weighted by Gasteiger charge is 2.08. The van der Waals surface area contributed by atoms with Gasteiger partial charge in [0, 0.05) is 0 Å². The summed E-state index contributed by atoms with van der Waals surface area (Å²) in [4.78, 5) is 11.9. The number of anilines is 1. The fraction of sp³-hybridized carbons (Fsp3) is 0.545. The molecule has 1 rings (SSSR count). The van der Waals surface area contributed by atoms with Gasteiger partial charge in [-0.2, -0.15) is 15.0 Å². The second kappa shape index (κ2) is 6.92. The first-order valence-corrected chi connectivity index (χ1v) is 5.84. The Morgan fingerprint density at radius 1 is 1.41 bits per heavy atom. The van der Waals surface area contributed by atoms with Crippen molar-refractivity contribution >= 4 is 17.5 Å². The summed E-state index contributed by atoms with van der Waals surface area (Å²) in [5, 5.41) is 3.06. The lowest BCUT2D eigenvalue weighted by atomic mass is 10.2. The highest BCUT2D eigenvalue weighted by Crippen LogP contribution is 2.12. The van der Waals surface area contributed by atoms with Gasteiger partial charge in [-0.25, -0.2) is 0 Å². The van der Waals surface area contributed by atoms with Crippen molar-refractivity contribution in [2.45, 2.75) is 32.7 Å². The second-order valence-corrected chi connectivity index (χ2v) is 3.67. The van der Waals surface area contributed by atoms with Gasteiger partial charge in [0.1, 0.15) is 0 Å². The fourth-order valence-corrected chi connectivity index (χ4v) is 1.22. The fourth-order valence-electron chi connectivity index (χ4n) is 1.07. The van der Waals surface area contributed by atoms with Crippen LogP contribution in [0.15, 0.2) is 0 Å². The average molecular weight is 255 g/mol. The average Bonchev–Trinajstić information content (AvgIpc) is 2.32. The van der Waals surface area contributed by atoms with E-state index in [9.17, 15) is 0 Å². The van der Waals surface area contributed by atoms with Crippen LogP contribution in [0.2, 0.25) is 5.28 Å². The van der Waals surface area contributed by atoms with E-state index in [1.807, 2.05) is 13.8 Å². The number of nitrogens with one attached hydrogen (secondary N) is 1. The van der Waals surface area contributed by atoms with Crippen LogP contribution >= 0.6 is 11.6 Å². The van der Waals surface area contributed by atoms with Crippen LogP contribution in [0.5, 0.6) is 6.01 Å². The van der Waals surface area contributed by atoms with Crippen molar-refractivity contribution in [3.63, 3.8) is 0 Å². The number of halogens is 1. The maximum atomic E-state index is 5.76. The molecule has 0 saturated carbocycles. The summed E-state index contributed by atoms with van der Waals surface area (Å²) >= 11 is 5.76.